The summed E-state index contributed by atoms with van der Waals surface area (Å²) >= 11 is 0. The van der Waals surface area contributed by atoms with Crippen LogP contribution < -0.4 is 4.90 Å². The maximum Gasteiger partial charge on any atom is 0.265 e. The average molecular weight is 225 g/mol. The van der Waals surface area contributed by atoms with E-state index in [4.69, 9.17) is 0 Å². The second kappa shape index (κ2) is 4.04. The first-order chi connectivity index (χ1) is 7.46. The molecule has 1 aliphatic rings. The van der Waals surface area contributed by atoms with Crippen molar-refractivity contribution in [1.29, 1.82) is 0 Å². The summed E-state index contributed by atoms with van der Waals surface area (Å²) in [5, 5.41) is 0. The molecule has 0 amide bonds. The Morgan fingerprint density at radius 1 is 1.12 bits per heavy atom. The summed E-state index contributed by atoms with van der Waals surface area (Å²) in [4.78, 5) is 1.80. The van der Waals surface area contributed by atoms with Crippen LogP contribution in [-0.4, -0.2) is 19.0 Å². The zero-order valence-corrected chi connectivity index (χ0v) is 9.76. The van der Waals surface area contributed by atoms with E-state index in [9.17, 15) is 8.78 Å². The molecule has 0 unspecified atom stereocenters. The highest BCUT2D eigenvalue weighted by atomic mass is 19.3. The zero-order chi connectivity index (χ0) is 11.8. The van der Waals surface area contributed by atoms with Crippen LogP contribution in [0.2, 0.25) is 0 Å². The Labute approximate surface area is 95.1 Å². The minimum atomic E-state index is -2.53. The molecule has 0 saturated carbocycles. The standard InChI is InChI=1S/C13H17F2N/c1-10-6-11(2)8-12(7-10)16-5-3-4-13(14,15)9-16/h6-8H,3-5,9H2,1-2H3. The second-order valence-corrected chi connectivity index (χ2v) is 4.73. The first-order valence-electron chi connectivity index (χ1n) is 5.67. The molecule has 0 bridgehead atoms. The molecule has 1 aliphatic heterocycles. The van der Waals surface area contributed by atoms with Crippen molar-refractivity contribution < 1.29 is 8.78 Å². The monoisotopic (exact) mass is 225 g/mol. The summed E-state index contributed by atoms with van der Waals surface area (Å²) in [6.45, 7) is 4.59. The van der Waals surface area contributed by atoms with Gasteiger partial charge >= 0.3 is 0 Å². The third kappa shape index (κ3) is 2.52. The van der Waals surface area contributed by atoms with Gasteiger partial charge < -0.3 is 4.90 Å². The van der Waals surface area contributed by atoms with E-state index >= 15 is 0 Å². The zero-order valence-electron chi connectivity index (χ0n) is 9.76. The van der Waals surface area contributed by atoms with Crippen molar-refractivity contribution in [3.05, 3.63) is 29.3 Å². The second-order valence-electron chi connectivity index (χ2n) is 4.73. The molecular weight excluding hydrogens is 208 g/mol. The van der Waals surface area contributed by atoms with Gasteiger partial charge in [0.2, 0.25) is 0 Å². The van der Waals surface area contributed by atoms with E-state index < -0.39 is 5.92 Å². The lowest BCUT2D eigenvalue weighted by Crippen LogP contribution is -2.42. The van der Waals surface area contributed by atoms with Crippen LogP contribution in [0.5, 0.6) is 0 Å². The predicted molar refractivity (Wildman–Crippen MR) is 62.3 cm³/mol. The molecule has 1 nitrogen and oxygen atoms in total. The lowest BCUT2D eigenvalue weighted by atomic mass is 10.0. The number of nitrogens with zero attached hydrogens (tertiary/aromatic N) is 1. The Hall–Kier alpha value is -1.12. The van der Waals surface area contributed by atoms with Crippen LogP contribution >= 0.6 is 0 Å². The predicted octanol–water partition coefficient (Wildman–Crippen LogP) is 3.54. The number of halogens is 2. The molecule has 1 aromatic carbocycles. The Morgan fingerprint density at radius 2 is 1.75 bits per heavy atom. The van der Waals surface area contributed by atoms with E-state index in [1.54, 1.807) is 4.90 Å². The van der Waals surface area contributed by atoms with Gasteiger partial charge in [0, 0.05) is 18.7 Å². The Balaban J connectivity index is 2.23. The normalized spacial score (nSPS) is 19.9. The molecule has 0 spiro atoms. The number of alkyl halides is 2. The first-order valence-corrected chi connectivity index (χ1v) is 5.67. The van der Waals surface area contributed by atoms with E-state index in [0.29, 0.717) is 6.42 Å². The molecule has 0 N–H and O–H groups in total. The summed E-state index contributed by atoms with van der Waals surface area (Å²) < 4.78 is 26.6. The van der Waals surface area contributed by atoms with E-state index in [-0.39, 0.29) is 13.0 Å². The van der Waals surface area contributed by atoms with Gasteiger partial charge in [-0.2, -0.15) is 0 Å². The van der Waals surface area contributed by atoms with Crippen molar-refractivity contribution in [1.82, 2.24) is 0 Å². The van der Waals surface area contributed by atoms with Crippen molar-refractivity contribution in [3.63, 3.8) is 0 Å². The molecule has 0 atom stereocenters. The number of hydrogen-bond donors (Lipinski definition) is 0. The van der Waals surface area contributed by atoms with E-state index in [0.717, 1.165) is 23.4 Å². The van der Waals surface area contributed by atoms with Crippen LogP contribution in [0.15, 0.2) is 18.2 Å². The SMILES string of the molecule is Cc1cc(C)cc(N2CCCC(F)(F)C2)c1. The fourth-order valence-corrected chi connectivity index (χ4v) is 2.32. The van der Waals surface area contributed by atoms with Crippen LogP contribution in [0.3, 0.4) is 0 Å². The van der Waals surface area contributed by atoms with Crippen molar-refractivity contribution >= 4 is 5.69 Å². The van der Waals surface area contributed by atoms with Crippen molar-refractivity contribution in [2.24, 2.45) is 0 Å². The highest BCUT2D eigenvalue weighted by Crippen LogP contribution is 2.30. The number of anilines is 1. The first kappa shape index (κ1) is 11.4. The lowest BCUT2D eigenvalue weighted by Gasteiger charge is -2.34. The maximum absolute atomic E-state index is 13.3. The molecule has 1 heterocycles. The van der Waals surface area contributed by atoms with Gasteiger partial charge in [-0.3, -0.25) is 0 Å². The molecule has 0 radical (unpaired) electrons. The average Bonchev–Trinajstić information content (AvgIpc) is 2.14. The highest BCUT2D eigenvalue weighted by molar-refractivity contribution is 5.51. The van der Waals surface area contributed by atoms with Crippen LogP contribution in [0.25, 0.3) is 0 Å². The van der Waals surface area contributed by atoms with Gasteiger partial charge in [0.15, 0.2) is 0 Å². The largest absolute Gasteiger partial charge is 0.365 e. The van der Waals surface area contributed by atoms with Gasteiger partial charge in [-0.05, 0) is 43.5 Å². The minimum absolute atomic E-state index is 0.0221. The van der Waals surface area contributed by atoms with Crippen LogP contribution in [-0.2, 0) is 0 Å². The summed E-state index contributed by atoms with van der Waals surface area (Å²) in [6.07, 6.45) is 0.592. The molecule has 0 aliphatic carbocycles. The van der Waals surface area contributed by atoms with Crippen LogP contribution in [0, 0.1) is 13.8 Å². The van der Waals surface area contributed by atoms with Crippen LogP contribution in [0.1, 0.15) is 24.0 Å². The number of hydrogen-bond acceptors (Lipinski definition) is 1. The number of piperidine rings is 1. The number of aryl methyl sites for hydroxylation is 2. The lowest BCUT2D eigenvalue weighted by molar-refractivity contribution is -0.0116. The van der Waals surface area contributed by atoms with E-state index in [1.165, 1.54) is 0 Å². The van der Waals surface area contributed by atoms with E-state index in [2.05, 4.69) is 6.07 Å². The summed E-state index contributed by atoms with van der Waals surface area (Å²) in [5.74, 6) is -2.53. The maximum atomic E-state index is 13.3. The van der Waals surface area contributed by atoms with Crippen molar-refractivity contribution in [2.45, 2.75) is 32.6 Å². The summed E-state index contributed by atoms with van der Waals surface area (Å²) in [7, 11) is 0. The third-order valence-corrected chi connectivity index (χ3v) is 2.96. The molecule has 88 valence electrons. The molecule has 1 saturated heterocycles. The van der Waals surface area contributed by atoms with Crippen molar-refractivity contribution in [3.8, 4) is 0 Å². The highest BCUT2D eigenvalue weighted by Gasteiger charge is 2.35. The Morgan fingerprint density at radius 3 is 2.31 bits per heavy atom. The smallest absolute Gasteiger partial charge is 0.265 e. The van der Waals surface area contributed by atoms with Gasteiger partial charge in [0.05, 0.1) is 6.54 Å². The number of benzene rings is 1. The minimum Gasteiger partial charge on any atom is -0.365 e. The summed E-state index contributed by atoms with van der Waals surface area (Å²) in [5.41, 5.74) is 3.18. The van der Waals surface area contributed by atoms with Gasteiger partial charge in [0.25, 0.3) is 5.92 Å². The van der Waals surface area contributed by atoms with Gasteiger partial charge in [0.1, 0.15) is 0 Å². The van der Waals surface area contributed by atoms with Gasteiger partial charge in [-0.15, -0.1) is 0 Å². The van der Waals surface area contributed by atoms with Crippen LogP contribution in [0.4, 0.5) is 14.5 Å². The third-order valence-electron chi connectivity index (χ3n) is 2.96. The molecule has 1 fully saturated rings. The summed E-state index contributed by atoms with van der Waals surface area (Å²) in [6, 6.07) is 6.02. The Kier molecular flexibility index (Phi) is 2.87. The van der Waals surface area contributed by atoms with Crippen molar-refractivity contribution in [2.75, 3.05) is 18.0 Å². The van der Waals surface area contributed by atoms with Gasteiger partial charge in [-0.1, -0.05) is 6.07 Å². The molecule has 3 heteroatoms. The fraction of sp³-hybridized carbons (Fsp3) is 0.538. The Bertz CT molecular complexity index is 367. The molecule has 1 aromatic rings. The molecule has 16 heavy (non-hydrogen) atoms. The molecule has 2 rings (SSSR count). The molecule has 0 aromatic heterocycles. The fourth-order valence-electron chi connectivity index (χ4n) is 2.32. The molecular formula is C13H17F2N. The van der Waals surface area contributed by atoms with E-state index in [1.807, 2.05) is 26.0 Å². The quantitative estimate of drug-likeness (QED) is 0.706. The van der Waals surface area contributed by atoms with Gasteiger partial charge in [-0.25, -0.2) is 8.78 Å². The topological polar surface area (TPSA) is 3.24 Å². The number of rotatable bonds is 1.